The Bertz CT molecular complexity index is 824. The molecule has 2 N–H and O–H groups in total. The van der Waals surface area contributed by atoms with Gasteiger partial charge in [0, 0.05) is 28.9 Å². The fraction of sp³-hybridized carbons (Fsp3) is 0.222. The summed E-state index contributed by atoms with van der Waals surface area (Å²) >= 11 is 0. The highest BCUT2D eigenvalue weighted by molar-refractivity contribution is 5.93. The molecule has 1 amide bonds. The van der Waals surface area contributed by atoms with Crippen molar-refractivity contribution in [1.29, 1.82) is 0 Å². The van der Waals surface area contributed by atoms with Crippen LogP contribution in [-0.2, 0) is 4.74 Å². The van der Waals surface area contributed by atoms with E-state index in [0.29, 0.717) is 18.2 Å². The van der Waals surface area contributed by atoms with E-state index in [4.69, 9.17) is 4.74 Å². The number of aromatic nitrogens is 2. The molecule has 0 bridgehead atoms. The van der Waals surface area contributed by atoms with Crippen molar-refractivity contribution in [3.05, 3.63) is 48.8 Å². The lowest BCUT2D eigenvalue weighted by Gasteiger charge is -2.12. The van der Waals surface area contributed by atoms with Gasteiger partial charge in [0.2, 0.25) is 0 Å². The molecule has 2 heterocycles. The van der Waals surface area contributed by atoms with Gasteiger partial charge in [0.1, 0.15) is 5.65 Å². The predicted octanol–water partition coefficient (Wildman–Crippen LogP) is 4.43. The first-order valence-electron chi connectivity index (χ1n) is 7.60. The van der Waals surface area contributed by atoms with Gasteiger partial charge < -0.3 is 9.72 Å². The van der Waals surface area contributed by atoms with Crippen molar-refractivity contribution in [2.75, 3.05) is 11.9 Å². The molecule has 0 saturated heterocycles. The summed E-state index contributed by atoms with van der Waals surface area (Å²) in [5, 5.41) is 3.84. The maximum Gasteiger partial charge on any atom is 0.411 e. The highest BCUT2D eigenvalue weighted by atomic mass is 16.5. The van der Waals surface area contributed by atoms with Gasteiger partial charge in [-0.25, -0.2) is 9.78 Å². The van der Waals surface area contributed by atoms with E-state index < -0.39 is 6.09 Å². The van der Waals surface area contributed by atoms with Gasteiger partial charge >= 0.3 is 6.09 Å². The topological polar surface area (TPSA) is 67.0 Å². The first kappa shape index (κ1) is 15.1. The lowest BCUT2D eigenvalue weighted by molar-refractivity contribution is 0.147. The molecule has 3 rings (SSSR count). The highest BCUT2D eigenvalue weighted by Crippen LogP contribution is 2.29. The minimum Gasteiger partial charge on any atom is -0.449 e. The average Bonchev–Trinajstić information content (AvgIpc) is 3.01. The summed E-state index contributed by atoms with van der Waals surface area (Å²) in [6.07, 6.45) is 3.20. The summed E-state index contributed by atoms with van der Waals surface area (Å²) in [6, 6.07) is 11.6. The molecule has 0 spiro atoms. The number of nitrogens with one attached hydrogen (secondary N) is 2. The Balaban J connectivity index is 1.86. The normalized spacial score (nSPS) is 10.9. The summed E-state index contributed by atoms with van der Waals surface area (Å²) in [6.45, 7) is 4.39. The smallest absolute Gasteiger partial charge is 0.411 e. The number of H-pyrrole nitrogens is 1. The third-order valence-electron chi connectivity index (χ3n) is 3.42. The van der Waals surface area contributed by atoms with Crippen molar-refractivity contribution in [2.24, 2.45) is 5.92 Å². The van der Waals surface area contributed by atoms with E-state index in [1.165, 1.54) is 0 Å². The van der Waals surface area contributed by atoms with Gasteiger partial charge in [-0.05, 0) is 24.1 Å². The second-order valence-corrected chi connectivity index (χ2v) is 5.80. The molecule has 0 aliphatic carbocycles. The van der Waals surface area contributed by atoms with E-state index >= 15 is 0 Å². The van der Waals surface area contributed by atoms with Crippen LogP contribution in [0.2, 0.25) is 0 Å². The highest BCUT2D eigenvalue weighted by Gasteiger charge is 2.10. The zero-order chi connectivity index (χ0) is 16.2. The number of pyridine rings is 1. The molecule has 1 aromatic carbocycles. The van der Waals surface area contributed by atoms with Crippen molar-refractivity contribution in [2.45, 2.75) is 13.8 Å². The predicted molar refractivity (Wildman–Crippen MR) is 91.3 cm³/mol. The summed E-state index contributed by atoms with van der Waals surface area (Å²) in [7, 11) is 0. The molecule has 0 atom stereocenters. The van der Waals surface area contributed by atoms with Crippen LogP contribution in [0.5, 0.6) is 0 Å². The molecule has 0 aliphatic heterocycles. The molecule has 0 unspecified atom stereocenters. The van der Waals surface area contributed by atoms with Crippen molar-refractivity contribution in [3.8, 4) is 11.1 Å². The van der Waals surface area contributed by atoms with E-state index in [1.807, 2.05) is 56.4 Å². The number of carbonyl (C=O) groups is 1. The first-order valence-corrected chi connectivity index (χ1v) is 7.60. The maximum absolute atomic E-state index is 11.9. The Morgan fingerprint density at radius 2 is 2.13 bits per heavy atom. The number of benzene rings is 1. The molecule has 0 saturated carbocycles. The standard InChI is InChI=1S/C18H19N3O2/c1-12(2)11-23-18(22)21-16-6-4-3-5-15(16)14-9-13-7-8-19-17(13)20-10-14/h3-10,12H,11H2,1-2H3,(H,19,20)(H,21,22). The second-order valence-electron chi connectivity index (χ2n) is 5.80. The lowest BCUT2D eigenvalue weighted by atomic mass is 10.0. The number of nitrogens with zero attached hydrogens (tertiary/aromatic N) is 1. The van der Waals surface area contributed by atoms with Crippen LogP contribution in [0.1, 0.15) is 13.8 Å². The Morgan fingerprint density at radius 1 is 1.30 bits per heavy atom. The lowest BCUT2D eigenvalue weighted by Crippen LogP contribution is -2.17. The Kier molecular flexibility index (Phi) is 4.28. The van der Waals surface area contributed by atoms with Gasteiger partial charge in [-0.2, -0.15) is 0 Å². The largest absolute Gasteiger partial charge is 0.449 e. The van der Waals surface area contributed by atoms with Crippen LogP contribution < -0.4 is 5.32 Å². The monoisotopic (exact) mass is 309 g/mol. The van der Waals surface area contributed by atoms with E-state index in [9.17, 15) is 4.79 Å². The number of hydrogen-bond acceptors (Lipinski definition) is 3. The van der Waals surface area contributed by atoms with Crippen molar-refractivity contribution in [3.63, 3.8) is 0 Å². The third kappa shape index (κ3) is 3.51. The van der Waals surface area contributed by atoms with Crippen LogP contribution in [0.4, 0.5) is 10.5 Å². The van der Waals surface area contributed by atoms with Crippen molar-refractivity contribution >= 4 is 22.8 Å². The molecule has 0 radical (unpaired) electrons. The number of amides is 1. The summed E-state index contributed by atoms with van der Waals surface area (Å²) in [5.41, 5.74) is 3.40. The van der Waals surface area contributed by atoms with E-state index in [2.05, 4.69) is 15.3 Å². The van der Waals surface area contributed by atoms with E-state index in [1.54, 1.807) is 6.20 Å². The molecule has 5 heteroatoms. The first-order chi connectivity index (χ1) is 11.1. The number of hydrogen-bond donors (Lipinski definition) is 2. The van der Waals surface area contributed by atoms with E-state index in [0.717, 1.165) is 22.2 Å². The van der Waals surface area contributed by atoms with Crippen LogP contribution in [0.15, 0.2) is 48.8 Å². The van der Waals surface area contributed by atoms with Gasteiger partial charge in [-0.3, -0.25) is 5.32 Å². The Morgan fingerprint density at radius 3 is 2.96 bits per heavy atom. The number of carbonyl (C=O) groups excluding carboxylic acids is 1. The van der Waals surface area contributed by atoms with Crippen LogP contribution in [0.3, 0.4) is 0 Å². The van der Waals surface area contributed by atoms with Crippen LogP contribution >= 0.6 is 0 Å². The van der Waals surface area contributed by atoms with Crippen molar-refractivity contribution < 1.29 is 9.53 Å². The third-order valence-corrected chi connectivity index (χ3v) is 3.42. The maximum atomic E-state index is 11.9. The minimum absolute atomic E-state index is 0.302. The molecular formula is C18H19N3O2. The number of fused-ring (bicyclic) bond motifs is 1. The van der Waals surface area contributed by atoms with Crippen molar-refractivity contribution in [1.82, 2.24) is 9.97 Å². The van der Waals surface area contributed by atoms with Crippen LogP contribution in [-0.4, -0.2) is 22.7 Å². The molecule has 3 aromatic rings. The van der Waals surface area contributed by atoms with E-state index in [-0.39, 0.29) is 0 Å². The minimum atomic E-state index is -0.443. The molecule has 2 aromatic heterocycles. The van der Waals surface area contributed by atoms with Gasteiger partial charge in [0.15, 0.2) is 0 Å². The average molecular weight is 309 g/mol. The molecular weight excluding hydrogens is 290 g/mol. The van der Waals surface area contributed by atoms with Crippen LogP contribution in [0, 0.1) is 5.92 Å². The number of rotatable bonds is 4. The van der Waals surface area contributed by atoms with Gasteiger partial charge in [0.05, 0.1) is 12.3 Å². The number of para-hydroxylation sites is 1. The quantitative estimate of drug-likeness (QED) is 0.749. The number of ether oxygens (including phenoxy) is 1. The molecule has 5 nitrogen and oxygen atoms in total. The van der Waals surface area contributed by atoms with Crippen LogP contribution in [0.25, 0.3) is 22.2 Å². The zero-order valence-corrected chi connectivity index (χ0v) is 13.2. The molecule has 0 aliphatic rings. The summed E-state index contributed by atoms with van der Waals surface area (Å²) in [4.78, 5) is 19.4. The summed E-state index contributed by atoms with van der Waals surface area (Å²) in [5.74, 6) is 0.302. The van der Waals surface area contributed by atoms with Gasteiger partial charge in [0.25, 0.3) is 0 Å². The Hall–Kier alpha value is -2.82. The molecule has 118 valence electrons. The summed E-state index contributed by atoms with van der Waals surface area (Å²) < 4.78 is 5.19. The fourth-order valence-electron chi connectivity index (χ4n) is 2.32. The zero-order valence-electron chi connectivity index (χ0n) is 13.2. The number of anilines is 1. The van der Waals surface area contributed by atoms with Gasteiger partial charge in [-0.15, -0.1) is 0 Å². The molecule has 23 heavy (non-hydrogen) atoms. The molecule has 0 fully saturated rings. The Labute approximate surface area is 134 Å². The SMILES string of the molecule is CC(C)COC(=O)Nc1ccccc1-c1cnc2[nH]ccc2c1. The fourth-order valence-corrected chi connectivity index (χ4v) is 2.32. The second kappa shape index (κ2) is 6.52. The van der Waals surface area contributed by atoms with Gasteiger partial charge in [-0.1, -0.05) is 32.0 Å². The number of aromatic amines is 1.